The summed E-state index contributed by atoms with van der Waals surface area (Å²) in [4.78, 5) is 24.7. The number of hydrogen-bond donors (Lipinski definition) is 2. The zero-order valence-electron chi connectivity index (χ0n) is 16.8. The molecule has 1 saturated carbocycles. The molecule has 1 heterocycles. The Morgan fingerprint density at radius 1 is 1.32 bits per heavy atom. The number of rotatable bonds is 7. The van der Waals surface area contributed by atoms with Crippen molar-refractivity contribution in [2.75, 3.05) is 13.2 Å². The lowest BCUT2D eigenvalue weighted by molar-refractivity contribution is -0.124. The normalized spacial score (nSPS) is 20.0. The molecule has 0 unspecified atom stereocenters. The molecule has 1 fully saturated rings. The number of nitrogens with one attached hydrogen (secondary N) is 1. The van der Waals surface area contributed by atoms with Crippen LogP contribution in [0.25, 0.3) is 0 Å². The van der Waals surface area contributed by atoms with Crippen molar-refractivity contribution in [2.24, 2.45) is 5.92 Å². The maximum atomic E-state index is 12.6. The summed E-state index contributed by atoms with van der Waals surface area (Å²) in [6, 6.07) is 4.85. The van der Waals surface area contributed by atoms with Gasteiger partial charge in [-0.15, -0.1) is 0 Å². The van der Waals surface area contributed by atoms with Gasteiger partial charge in [0.25, 0.3) is 5.91 Å². The van der Waals surface area contributed by atoms with Crippen LogP contribution in [-0.4, -0.2) is 41.7 Å². The van der Waals surface area contributed by atoms with Gasteiger partial charge in [0.1, 0.15) is 17.1 Å². The van der Waals surface area contributed by atoms with Crippen molar-refractivity contribution in [3.05, 3.63) is 23.8 Å². The van der Waals surface area contributed by atoms with Crippen LogP contribution in [0, 0.1) is 5.92 Å². The largest absolute Gasteiger partial charge is 0.486 e. The average molecular weight is 389 g/mol. The smallest absolute Gasteiger partial charge is 0.258 e. The second-order valence-corrected chi connectivity index (χ2v) is 8.13. The summed E-state index contributed by atoms with van der Waals surface area (Å²) in [5, 5.41) is 12.2. The molecule has 0 radical (unpaired) electrons. The van der Waals surface area contributed by atoms with Crippen LogP contribution in [0.1, 0.15) is 69.2 Å². The van der Waals surface area contributed by atoms with E-state index in [2.05, 4.69) is 5.32 Å². The van der Waals surface area contributed by atoms with E-state index in [1.807, 2.05) is 13.8 Å². The van der Waals surface area contributed by atoms with Crippen LogP contribution in [0.3, 0.4) is 0 Å². The fraction of sp³-hybridized carbons (Fsp3) is 0.636. The van der Waals surface area contributed by atoms with E-state index in [9.17, 15) is 14.7 Å². The van der Waals surface area contributed by atoms with Gasteiger partial charge in [0.2, 0.25) is 0 Å². The van der Waals surface area contributed by atoms with Gasteiger partial charge in [0, 0.05) is 6.07 Å². The predicted octanol–water partition coefficient (Wildman–Crippen LogP) is 3.26. The highest BCUT2D eigenvalue weighted by molar-refractivity contribution is 6.00. The highest BCUT2D eigenvalue weighted by atomic mass is 16.5. The average Bonchev–Trinajstić information content (AvgIpc) is 2.70. The molecule has 1 aromatic carbocycles. The minimum atomic E-state index is -0.372. The van der Waals surface area contributed by atoms with Crippen molar-refractivity contribution >= 4 is 11.7 Å². The number of ether oxygens (including phenoxy) is 2. The van der Waals surface area contributed by atoms with E-state index < -0.39 is 0 Å². The zero-order chi connectivity index (χ0) is 20.1. The second kappa shape index (κ2) is 8.95. The Morgan fingerprint density at radius 2 is 2.07 bits per heavy atom. The Bertz CT molecular complexity index is 711. The Labute approximate surface area is 166 Å². The molecule has 6 heteroatoms. The maximum absolute atomic E-state index is 12.6. The highest BCUT2D eigenvalue weighted by Crippen LogP contribution is 2.42. The highest BCUT2D eigenvalue weighted by Gasteiger charge is 2.41. The summed E-state index contributed by atoms with van der Waals surface area (Å²) in [5.41, 5.74) is 0.216. The van der Waals surface area contributed by atoms with Gasteiger partial charge in [-0.2, -0.15) is 0 Å². The minimum Gasteiger partial charge on any atom is -0.486 e. The summed E-state index contributed by atoms with van der Waals surface area (Å²) < 4.78 is 11.9. The summed E-state index contributed by atoms with van der Waals surface area (Å²) in [6.45, 7) is 3.76. The van der Waals surface area contributed by atoms with E-state index in [-0.39, 0.29) is 42.5 Å². The maximum Gasteiger partial charge on any atom is 0.258 e. The topological polar surface area (TPSA) is 84.9 Å². The molecule has 1 amide bonds. The van der Waals surface area contributed by atoms with Crippen molar-refractivity contribution in [2.45, 2.75) is 70.4 Å². The van der Waals surface area contributed by atoms with Crippen molar-refractivity contribution in [1.82, 2.24) is 5.32 Å². The molecule has 1 aliphatic heterocycles. The zero-order valence-corrected chi connectivity index (χ0v) is 16.8. The lowest BCUT2D eigenvalue weighted by Gasteiger charge is -2.40. The van der Waals surface area contributed by atoms with Gasteiger partial charge in [-0.05, 0) is 43.7 Å². The molecule has 1 aromatic rings. The summed E-state index contributed by atoms with van der Waals surface area (Å²) >= 11 is 0. The van der Waals surface area contributed by atoms with Crippen molar-refractivity contribution < 1.29 is 24.2 Å². The molecule has 1 aliphatic carbocycles. The first kappa shape index (κ1) is 20.6. The lowest BCUT2D eigenvalue weighted by atomic mass is 9.78. The van der Waals surface area contributed by atoms with Crippen LogP contribution in [0.15, 0.2) is 18.2 Å². The molecule has 1 spiro atoms. The number of fused-ring (bicyclic) bond motifs is 1. The predicted molar refractivity (Wildman–Crippen MR) is 106 cm³/mol. The van der Waals surface area contributed by atoms with Crippen LogP contribution < -0.4 is 14.8 Å². The molecule has 154 valence electrons. The number of ketones is 1. The summed E-state index contributed by atoms with van der Waals surface area (Å²) in [7, 11) is 0. The minimum absolute atomic E-state index is 0.0996. The van der Waals surface area contributed by atoms with E-state index in [1.54, 1.807) is 18.2 Å². The second-order valence-electron chi connectivity index (χ2n) is 8.13. The Hall–Kier alpha value is -2.08. The molecule has 6 nitrogen and oxygen atoms in total. The monoisotopic (exact) mass is 389 g/mol. The molecule has 2 aliphatic rings. The molecule has 2 atom stereocenters. The van der Waals surface area contributed by atoms with Gasteiger partial charge in [-0.25, -0.2) is 0 Å². The fourth-order valence-corrected chi connectivity index (χ4v) is 4.09. The third kappa shape index (κ3) is 4.66. The molecule has 3 rings (SSSR count). The molecule has 28 heavy (non-hydrogen) atoms. The molecule has 0 aromatic heterocycles. The van der Waals surface area contributed by atoms with Gasteiger partial charge in [0.15, 0.2) is 12.4 Å². The Balaban J connectivity index is 1.63. The number of carbonyl (C=O) groups is 2. The number of carbonyl (C=O) groups excluding carboxylic acids is 2. The third-order valence-electron chi connectivity index (χ3n) is 6.07. The van der Waals surface area contributed by atoms with Crippen LogP contribution in [-0.2, 0) is 4.79 Å². The fourth-order valence-electron chi connectivity index (χ4n) is 4.09. The number of amides is 1. The lowest BCUT2D eigenvalue weighted by Crippen LogP contribution is -2.44. The molecule has 0 bridgehead atoms. The van der Waals surface area contributed by atoms with Gasteiger partial charge in [-0.3, -0.25) is 9.59 Å². The van der Waals surface area contributed by atoms with E-state index in [1.165, 1.54) is 6.42 Å². The number of hydrogen-bond acceptors (Lipinski definition) is 5. The van der Waals surface area contributed by atoms with E-state index in [0.29, 0.717) is 23.5 Å². The van der Waals surface area contributed by atoms with E-state index >= 15 is 0 Å². The summed E-state index contributed by atoms with van der Waals surface area (Å²) in [6.07, 6.45) is 6.48. The third-order valence-corrected chi connectivity index (χ3v) is 6.07. The van der Waals surface area contributed by atoms with Gasteiger partial charge < -0.3 is 19.9 Å². The molecular weight excluding hydrogens is 358 g/mol. The molecular formula is C22H31NO5. The van der Waals surface area contributed by atoms with Crippen LogP contribution in [0.2, 0.25) is 0 Å². The standard InChI is InChI=1S/C22H31NO5/c1-3-15(2)18(13-24)23-21(26)14-27-16-7-8-17-19(25)12-22(28-20(17)11-16)9-5-4-6-10-22/h7-8,11,15,18,24H,3-6,9-10,12-14H2,1-2H3,(H,23,26)/t15-,18+/m1/s1. The quantitative estimate of drug-likeness (QED) is 0.748. The number of aliphatic hydroxyl groups excluding tert-OH is 1. The van der Waals surface area contributed by atoms with Gasteiger partial charge in [-0.1, -0.05) is 26.7 Å². The Kier molecular flexibility index (Phi) is 6.60. The van der Waals surface area contributed by atoms with Crippen LogP contribution in [0.5, 0.6) is 11.5 Å². The number of benzene rings is 1. The molecule has 0 saturated heterocycles. The van der Waals surface area contributed by atoms with Crippen molar-refractivity contribution in [1.29, 1.82) is 0 Å². The van der Waals surface area contributed by atoms with Gasteiger partial charge in [0.05, 0.1) is 24.6 Å². The number of aliphatic hydroxyl groups is 1. The first-order chi connectivity index (χ1) is 13.5. The summed E-state index contributed by atoms with van der Waals surface area (Å²) in [5.74, 6) is 1.08. The Morgan fingerprint density at radius 3 is 2.75 bits per heavy atom. The first-order valence-corrected chi connectivity index (χ1v) is 10.4. The van der Waals surface area contributed by atoms with Crippen LogP contribution >= 0.6 is 0 Å². The van der Waals surface area contributed by atoms with E-state index in [0.717, 1.165) is 32.1 Å². The molecule has 2 N–H and O–H groups in total. The van der Waals surface area contributed by atoms with Crippen molar-refractivity contribution in [3.8, 4) is 11.5 Å². The first-order valence-electron chi connectivity index (χ1n) is 10.4. The van der Waals surface area contributed by atoms with Crippen molar-refractivity contribution in [3.63, 3.8) is 0 Å². The van der Waals surface area contributed by atoms with Gasteiger partial charge >= 0.3 is 0 Å². The van der Waals surface area contributed by atoms with E-state index in [4.69, 9.17) is 9.47 Å². The SMILES string of the molecule is CC[C@@H](C)[C@H](CO)NC(=O)COc1ccc2c(c1)OC1(CCCCC1)CC2=O. The number of Topliss-reactive ketones (excluding diaryl/α,β-unsaturated/α-hetero) is 1. The van der Waals surface area contributed by atoms with Crippen LogP contribution in [0.4, 0.5) is 0 Å².